The van der Waals surface area contributed by atoms with Crippen LogP contribution in [0.1, 0.15) is 5.56 Å². The first kappa shape index (κ1) is 18.6. The number of hydrogen-bond donors (Lipinski definition) is 1. The summed E-state index contributed by atoms with van der Waals surface area (Å²) in [7, 11) is 1.64. The Morgan fingerprint density at radius 1 is 1.08 bits per heavy atom. The molecule has 0 saturated carbocycles. The molecule has 6 heteroatoms. The van der Waals surface area contributed by atoms with Crippen molar-refractivity contribution in [2.45, 2.75) is 11.4 Å². The van der Waals surface area contributed by atoms with Crippen LogP contribution in [0.5, 0.6) is 5.75 Å². The van der Waals surface area contributed by atoms with Crippen LogP contribution in [0.15, 0.2) is 53.4 Å². The van der Waals surface area contributed by atoms with E-state index in [2.05, 4.69) is 5.32 Å². The molecule has 2 rings (SSSR count). The van der Waals surface area contributed by atoms with Crippen molar-refractivity contribution >= 4 is 29.3 Å². The Hall–Kier alpha value is -1.69. The van der Waals surface area contributed by atoms with Gasteiger partial charge < -0.3 is 14.8 Å². The highest BCUT2D eigenvalue weighted by Gasteiger charge is 2.03. The Kier molecular flexibility index (Phi) is 7.95. The fourth-order valence-corrected chi connectivity index (χ4v) is 2.73. The Bertz CT molecular complexity index is 632. The Morgan fingerprint density at radius 2 is 1.79 bits per heavy atom. The maximum Gasteiger partial charge on any atom is 0.230 e. The Balaban J connectivity index is 1.70. The van der Waals surface area contributed by atoms with E-state index in [9.17, 15) is 4.79 Å². The van der Waals surface area contributed by atoms with Gasteiger partial charge in [0.05, 0.1) is 12.4 Å². The molecule has 24 heavy (non-hydrogen) atoms. The molecule has 0 bridgehead atoms. The second-order valence-electron chi connectivity index (χ2n) is 5.00. The number of thioether (sulfide) groups is 1. The van der Waals surface area contributed by atoms with Gasteiger partial charge in [0.2, 0.25) is 5.91 Å². The van der Waals surface area contributed by atoms with Gasteiger partial charge in [0, 0.05) is 23.6 Å². The monoisotopic (exact) mass is 365 g/mol. The minimum Gasteiger partial charge on any atom is -0.491 e. The van der Waals surface area contributed by atoms with Crippen LogP contribution in [0.2, 0.25) is 5.02 Å². The fourth-order valence-electron chi connectivity index (χ4n) is 1.88. The van der Waals surface area contributed by atoms with Gasteiger partial charge >= 0.3 is 0 Å². The van der Waals surface area contributed by atoms with Crippen LogP contribution in [0.25, 0.3) is 0 Å². The summed E-state index contributed by atoms with van der Waals surface area (Å²) in [5.74, 6) is 1.16. The van der Waals surface area contributed by atoms with E-state index in [4.69, 9.17) is 21.1 Å². The van der Waals surface area contributed by atoms with Crippen molar-refractivity contribution in [3.63, 3.8) is 0 Å². The van der Waals surface area contributed by atoms with Gasteiger partial charge in [0.1, 0.15) is 12.4 Å². The molecule has 1 N–H and O–H groups in total. The predicted octanol–water partition coefficient (Wildman–Crippen LogP) is 3.77. The minimum atomic E-state index is -0.00429. The van der Waals surface area contributed by atoms with Gasteiger partial charge in [-0.15, -0.1) is 11.8 Å². The van der Waals surface area contributed by atoms with Crippen molar-refractivity contribution < 1.29 is 14.3 Å². The molecular weight excluding hydrogens is 346 g/mol. The van der Waals surface area contributed by atoms with Crippen LogP contribution in [0.3, 0.4) is 0 Å². The first-order chi connectivity index (χ1) is 11.7. The van der Waals surface area contributed by atoms with E-state index in [1.807, 2.05) is 48.5 Å². The maximum atomic E-state index is 11.9. The van der Waals surface area contributed by atoms with E-state index in [1.165, 1.54) is 11.8 Å². The second kappa shape index (κ2) is 10.2. The molecule has 0 aromatic heterocycles. The maximum absolute atomic E-state index is 11.9. The Morgan fingerprint density at radius 3 is 2.46 bits per heavy atom. The van der Waals surface area contributed by atoms with Crippen molar-refractivity contribution in [2.75, 3.05) is 26.1 Å². The van der Waals surface area contributed by atoms with Crippen LogP contribution < -0.4 is 10.1 Å². The number of carbonyl (C=O) groups excluding carboxylic acids is 1. The molecule has 0 heterocycles. The van der Waals surface area contributed by atoms with E-state index < -0.39 is 0 Å². The number of benzene rings is 2. The summed E-state index contributed by atoms with van der Waals surface area (Å²) < 4.78 is 10.4. The van der Waals surface area contributed by atoms with Gasteiger partial charge in [-0.25, -0.2) is 0 Å². The number of methoxy groups -OCH3 is 1. The number of carbonyl (C=O) groups is 1. The third-order valence-electron chi connectivity index (χ3n) is 3.15. The van der Waals surface area contributed by atoms with Gasteiger partial charge in [-0.05, 0) is 42.0 Å². The quantitative estimate of drug-likeness (QED) is 0.542. The van der Waals surface area contributed by atoms with Crippen molar-refractivity contribution in [3.8, 4) is 5.75 Å². The molecule has 0 saturated heterocycles. The number of hydrogen-bond acceptors (Lipinski definition) is 4. The van der Waals surface area contributed by atoms with Gasteiger partial charge in [0.25, 0.3) is 0 Å². The highest BCUT2D eigenvalue weighted by molar-refractivity contribution is 8.00. The molecular formula is C18H20ClNO3S. The molecule has 0 fully saturated rings. The average Bonchev–Trinajstić information content (AvgIpc) is 2.61. The van der Waals surface area contributed by atoms with Crippen molar-refractivity contribution in [1.82, 2.24) is 5.32 Å². The molecule has 0 radical (unpaired) electrons. The van der Waals surface area contributed by atoms with Crippen LogP contribution in [0, 0.1) is 0 Å². The lowest BCUT2D eigenvalue weighted by Crippen LogP contribution is -2.24. The largest absolute Gasteiger partial charge is 0.491 e. The van der Waals surface area contributed by atoms with Crippen LogP contribution >= 0.6 is 23.4 Å². The summed E-state index contributed by atoms with van der Waals surface area (Å²) in [6, 6.07) is 15.1. The fraction of sp³-hybridized carbons (Fsp3) is 0.278. The molecule has 0 aliphatic carbocycles. The molecule has 2 aromatic rings. The number of amides is 1. The summed E-state index contributed by atoms with van der Waals surface area (Å²) in [6.07, 6.45) is 0. The summed E-state index contributed by atoms with van der Waals surface area (Å²) in [4.78, 5) is 12.9. The minimum absolute atomic E-state index is 0.00429. The number of nitrogens with one attached hydrogen (secondary N) is 1. The molecule has 0 unspecified atom stereocenters. The zero-order valence-corrected chi connectivity index (χ0v) is 15.0. The third kappa shape index (κ3) is 6.83. The zero-order chi connectivity index (χ0) is 17.2. The number of halogens is 1. The smallest absolute Gasteiger partial charge is 0.230 e. The van der Waals surface area contributed by atoms with Gasteiger partial charge in [-0.2, -0.15) is 0 Å². The molecule has 0 aliphatic heterocycles. The van der Waals surface area contributed by atoms with E-state index in [-0.39, 0.29) is 5.91 Å². The van der Waals surface area contributed by atoms with E-state index in [1.54, 1.807) is 7.11 Å². The van der Waals surface area contributed by atoms with E-state index in [0.717, 1.165) is 16.2 Å². The van der Waals surface area contributed by atoms with Crippen molar-refractivity contribution in [1.29, 1.82) is 0 Å². The summed E-state index contributed by atoms with van der Waals surface area (Å²) in [5.41, 5.74) is 1.03. The van der Waals surface area contributed by atoms with E-state index in [0.29, 0.717) is 30.5 Å². The molecule has 1 amide bonds. The lowest BCUT2D eigenvalue weighted by molar-refractivity contribution is -0.118. The molecule has 4 nitrogen and oxygen atoms in total. The topological polar surface area (TPSA) is 47.6 Å². The van der Waals surface area contributed by atoms with Gasteiger partial charge in [0.15, 0.2) is 0 Å². The van der Waals surface area contributed by atoms with Crippen molar-refractivity contribution in [3.05, 3.63) is 59.1 Å². The summed E-state index contributed by atoms with van der Waals surface area (Å²) in [6.45, 7) is 1.58. The summed E-state index contributed by atoms with van der Waals surface area (Å²) in [5, 5.41) is 3.60. The molecule has 0 atom stereocenters. The van der Waals surface area contributed by atoms with Crippen LogP contribution in [-0.4, -0.2) is 32.0 Å². The standard InChI is InChI=1S/C18H20ClNO3S/c1-22-10-11-23-16-6-2-14(3-7-16)12-20-18(21)13-24-17-8-4-15(19)5-9-17/h2-9H,10-13H2,1H3,(H,20,21). The highest BCUT2D eigenvalue weighted by Crippen LogP contribution is 2.20. The number of ether oxygens (including phenoxy) is 2. The SMILES string of the molecule is COCCOc1ccc(CNC(=O)CSc2ccc(Cl)cc2)cc1. The van der Waals surface area contributed by atoms with Gasteiger partial charge in [-0.3, -0.25) is 4.79 Å². The van der Waals surface area contributed by atoms with E-state index >= 15 is 0 Å². The average molecular weight is 366 g/mol. The first-order valence-electron chi connectivity index (χ1n) is 7.53. The highest BCUT2D eigenvalue weighted by atomic mass is 35.5. The third-order valence-corrected chi connectivity index (χ3v) is 4.42. The first-order valence-corrected chi connectivity index (χ1v) is 8.89. The normalized spacial score (nSPS) is 10.4. The lowest BCUT2D eigenvalue weighted by atomic mass is 10.2. The molecule has 2 aromatic carbocycles. The molecule has 0 spiro atoms. The number of rotatable bonds is 9. The molecule has 0 aliphatic rings. The summed E-state index contributed by atoms with van der Waals surface area (Å²) >= 11 is 7.32. The van der Waals surface area contributed by atoms with Gasteiger partial charge in [-0.1, -0.05) is 23.7 Å². The zero-order valence-electron chi connectivity index (χ0n) is 13.5. The lowest BCUT2D eigenvalue weighted by Gasteiger charge is -2.08. The van der Waals surface area contributed by atoms with Crippen LogP contribution in [0.4, 0.5) is 0 Å². The molecule has 128 valence electrons. The van der Waals surface area contributed by atoms with Crippen molar-refractivity contribution in [2.24, 2.45) is 0 Å². The second-order valence-corrected chi connectivity index (χ2v) is 6.49. The Labute approximate surface area is 151 Å². The van der Waals surface area contributed by atoms with Crippen LogP contribution in [-0.2, 0) is 16.1 Å². The predicted molar refractivity (Wildman–Crippen MR) is 97.8 cm³/mol.